The highest BCUT2D eigenvalue weighted by Crippen LogP contribution is 2.44. The first-order chi connectivity index (χ1) is 27.8. The number of para-hydroxylation sites is 6. The minimum absolute atomic E-state index is 0.681. The van der Waals surface area contributed by atoms with Gasteiger partial charge >= 0.3 is 0 Å². The van der Waals surface area contributed by atoms with E-state index in [1.807, 2.05) is 47.1 Å². The van der Waals surface area contributed by atoms with Gasteiger partial charge in [0.25, 0.3) is 0 Å². The average molecular weight is 718 g/mol. The summed E-state index contributed by atoms with van der Waals surface area (Å²) in [6.45, 7) is 0. The van der Waals surface area contributed by atoms with Crippen molar-refractivity contribution < 1.29 is 4.42 Å². The van der Waals surface area contributed by atoms with Crippen molar-refractivity contribution >= 4 is 65.6 Å². The molecule has 0 atom stereocenters. The minimum atomic E-state index is 0.681. The highest BCUT2D eigenvalue weighted by Gasteiger charge is 2.24. The Labute approximate surface area is 320 Å². The zero-order chi connectivity index (χ0) is 36.7. The first kappa shape index (κ1) is 30.7. The van der Waals surface area contributed by atoms with Crippen LogP contribution in [0.5, 0.6) is 0 Å². The van der Waals surface area contributed by atoms with Crippen molar-refractivity contribution in [3.8, 4) is 39.8 Å². The summed E-state index contributed by atoms with van der Waals surface area (Å²) in [5.74, 6) is 1.47. The number of furan rings is 1. The Morgan fingerprint density at radius 1 is 0.411 bits per heavy atom. The van der Waals surface area contributed by atoms with Crippen LogP contribution in [0.3, 0.4) is 0 Å². The van der Waals surface area contributed by atoms with Crippen LogP contribution in [0.1, 0.15) is 0 Å². The fraction of sp³-hybridized carbons (Fsp3) is 0. The molecular formula is C50H31N5O. The Hall–Kier alpha value is -7.70. The Kier molecular flexibility index (Phi) is 6.53. The van der Waals surface area contributed by atoms with Crippen molar-refractivity contribution in [2.24, 2.45) is 0 Å². The molecule has 0 bridgehead atoms. The van der Waals surface area contributed by atoms with Gasteiger partial charge in [-0.3, -0.25) is 0 Å². The van der Waals surface area contributed by atoms with E-state index in [0.717, 1.165) is 99.6 Å². The van der Waals surface area contributed by atoms with Crippen LogP contribution in [-0.4, -0.2) is 23.9 Å². The van der Waals surface area contributed by atoms with Crippen molar-refractivity contribution in [3.05, 3.63) is 188 Å². The van der Waals surface area contributed by atoms with Crippen LogP contribution in [-0.2, 0) is 0 Å². The molecular weight excluding hydrogens is 687 g/mol. The SMILES string of the molecule is c1ccc(-c2nc(-c3cccc4c3c3ccccc3n4-c3ccccc3-n3c4ccccc4c4c5oc6ccccc6c5ccc43)n(-c3ccccc3)n2)cc1. The van der Waals surface area contributed by atoms with E-state index in [-0.39, 0.29) is 0 Å². The van der Waals surface area contributed by atoms with E-state index in [1.165, 1.54) is 0 Å². The van der Waals surface area contributed by atoms with E-state index in [9.17, 15) is 0 Å². The summed E-state index contributed by atoms with van der Waals surface area (Å²) in [5, 5.41) is 11.9. The third kappa shape index (κ3) is 4.38. The summed E-state index contributed by atoms with van der Waals surface area (Å²) in [4.78, 5) is 5.26. The number of hydrogen-bond donors (Lipinski definition) is 0. The Bertz CT molecular complexity index is 3480. The second-order valence-electron chi connectivity index (χ2n) is 14.2. The molecule has 6 heteroatoms. The van der Waals surface area contributed by atoms with Gasteiger partial charge in [-0.25, -0.2) is 9.67 Å². The van der Waals surface area contributed by atoms with Gasteiger partial charge in [0.1, 0.15) is 11.2 Å². The third-order valence-electron chi connectivity index (χ3n) is 11.1. The van der Waals surface area contributed by atoms with Gasteiger partial charge in [0.05, 0.1) is 44.5 Å². The van der Waals surface area contributed by atoms with Crippen molar-refractivity contribution in [1.82, 2.24) is 23.9 Å². The second-order valence-corrected chi connectivity index (χ2v) is 14.2. The van der Waals surface area contributed by atoms with Crippen molar-refractivity contribution in [2.45, 2.75) is 0 Å². The van der Waals surface area contributed by atoms with E-state index in [1.54, 1.807) is 0 Å². The van der Waals surface area contributed by atoms with Crippen LogP contribution in [0.15, 0.2) is 192 Å². The molecule has 0 N–H and O–H groups in total. The normalized spacial score (nSPS) is 11.9. The van der Waals surface area contributed by atoms with Crippen molar-refractivity contribution in [1.29, 1.82) is 0 Å². The maximum atomic E-state index is 6.64. The van der Waals surface area contributed by atoms with Crippen LogP contribution in [0.25, 0.3) is 105 Å². The summed E-state index contributed by atoms with van der Waals surface area (Å²) >= 11 is 0. The number of hydrogen-bond acceptors (Lipinski definition) is 3. The number of rotatable bonds is 5. The second kappa shape index (κ2) is 11.9. The van der Waals surface area contributed by atoms with E-state index in [0.29, 0.717) is 5.82 Å². The molecule has 8 aromatic carbocycles. The van der Waals surface area contributed by atoms with Gasteiger partial charge in [-0.1, -0.05) is 127 Å². The maximum absolute atomic E-state index is 6.64. The molecule has 0 spiro atoms. The van der Waals surface area contributed by atoms with E-state index >= 15 is 0 Å². The van der Waals surface area contributed by atoms with Crippen molar-refractivity contribution in [2.75, 3.05) is 0 Å². The third-order valence-corrected chi connectivity index (χ3v) is 11.1. The summed E-state index contributed by atoms with van der Waals surface area (Å²) in [6.07, 6.45) is 0. The molecule has 0 fully saturated rings. The van der Waals surface area contributed by atoms with E-state index in [2.05, 4.69) is 155 Å². The Morgan fingerprint density at radius 3 is 1.71 bits per heavy atom. The molecule has 4 heterocycles. The lowest BCUT2D eigenvalue weighted by Gasteiger charge is -2.16. The highest BCUT2D eigenvalue weighted by atomic mass is 16.3. The molecule has 4 aromatic heterocycles. The zero-order valence-corrected chi connectivity index (χ0v) is 30.0. The summed E-state index contributed by atoms with van der Waals surface area (Å²) in [5.41, 5.74) is 11.3. The predicted molar refractivity (Wildman–Crippen MR) is 228 cm³/mol. The molecule has 0 radical (unpaired) electrons. The van der Waals surface area contributed by atoms with Crippen LogP contribution >= 0.6 is 0 Å². The lowest BCUT2D eigenvalue weighted by molar-refractivity contribution is 0.673. The first-order valence-corrected chi connectivity index (χ1v) is 18.9. The summed E-state index contributed by atoms with van der Waals surface area (Å²) in [6, 6.07) is 65.8. The Balaban J connectivity index is 1.15. The largest absolute Gasteiger partial charge is 0.455 e. The molecule has 262 valence electrons. The van der Waals surface area contributed by atoms with Gasteiger partial charge in [0.2, 0.25) is 0 Å². The van der Waals surface area contributed by atoms with Crippen LogP contribution < -0.4 is 0 Å². The lowest BCUT2D eigenvalue weighted by Crippen LogP contribution is -2.03. The van der Waals surface area contributed by atoms with Gasteiger partial charge in [-0.05, 0) is 60.7 Å². The summed E-state index contributed by atoms with van der Waals surface area (Å²) in [7, 11) is 0. The van der Waals surface area contributed by atoms with E-state index < -0.39 is 0 Å². The molecule has 0 saturated carbocycles. The minimum Gasteiger partial charge on any atom is -0.455 e. The number of benzene rings is 8. The standard InChI is InChI=1S/C50H31N5O/c1-3-16-32(17-4-1)49-51-50(55(52-49)33-18-5-2-6-19-33)38-23-15-28-43-46(38)36-21-7-10-24-39(36)53(43)41-26-12-13-27-42(41)54-40-25-11-8-22-37(40)47-44(54)31-30-35-34-20-9-14-29-45(34)56-48(35)47/h1-31H. The number of nitrogens with zero attached hydrogens (tertiary/aromatic N) is 5. The maximum Gasteiger partial charge on any atom is 0.182 e. The fourth-order valence-corrected chi connectivity index (χ4v) is 8.75. The zero-order valence-electron chi connectivity index (χ0n) is 30.0. The smallest absolute Gasteiger partial charge is 0.182 e. The lowest BCUT2D eigenvalue weighted by atomic mass is 10.1. The molecule has 6 nitrogen and oxygen atoms in total. The topological polar surface area (TPSA) is 53.7 Å². The molecule has 0 aliphatic carbocycles. The van der Waals surface area contributed by atoms with Crippen LogP contribution in [0.4, 0.5) is 0 Å². The van der Waals surface area contributed by atoms with Crippen molar-refractivity contribution in [3.63, 3.8) is 0 Å². The van der Waals surface area contributed by atoms with Gasteiger partial charge < -0.3 is 13.6 Å². The molecule has 12 rings (SSSR count). The van der Waals surface area contributed by atoms with Crippen LogP contribution in [0, 0.1) is 0 Å². The fourth-order valence-electron chi connectivity index (χ4n) is 8.75. The molecule has 12 aromatic rings. The number of fused-ring (bicyclic) bond motifs is 10. The molecule has 0 saturated heterocycles. The molecule has 0 aliphatic heterocycles. The number of aromatic nitrogens is 5. The monoisotopic (exact) mass is 717 g/mol. The quantitative estimate of drug-likeness (QED) is 0.178. The predicted octanol–water partition coefficient (Wildman–Crippen LogP) is 12.7. The highest BCUT2D eigenvalue weighted by molar-refractivity contribution is 6.24. The molecule has 0 amide bonds. The van der Waals surface area contributed by atoms with Gasteiger partial charge in [-0.15, -0.1) is 5.10 Å². The van der Waals surface area contributed by atoms with Crippen LogP contribution in [0.2, 0.25) is 0 Å². The average Bonchev–Trinajstić information content (AvgIpc) is 4.04. The van der Waals surface area contributed by atoms with Gasteiger partial charge in [0, 0.05) is 38.1 Å². The van der Waals surface area contributed by atoms with E-state index in [4.69, 9.17) is 14.5 Å². The van der Waals surface area contributed by atoms with Gasteiger partial charge in [0.15, 0.2) is 11.6 Å². The Morgan fingerprint density at radius 2 is 0.982 bits per heavy atom. The molecule has 0 unspecified atom stereocenters. The first-order valence-electron chi connectivity index (χ1n) is 18.9. The summed E-state index contributed by atoms with van der Waals surface area (Å²) < 4.78 is 13.4. The molecule has 56 heavy (non-hydrogen) atoms. The molecule has 0 aliphatic rings. The van der Waals surface area contributed by atoms with Gasteiger partial charge in [-0.2, -0.15) is 0 Å².